The van der Waals surface area contributed by atoms with E-state index in [0.717, 1.165) is 12.0 Å². The number of rotatable bonds is 5. The lowest BCUT2D eigenvalue weighted by Crippen LogP contribution is -2.38. The smallest absolute Gasteiger partial charge is 0.410 e. The Hall–Kier alpha value is -1.25. The Kier molecular flexibility index (Phi) is 5.86. The summed E-state index contributed by atoms with van der Waals surface area (Å²) in [7, 11) is 0. The van der Waals surface area contributed by atoms with Gasteiger partial charge in [-0.1, -0.05) is 18.2 Å². The molecule has 0 bridgehead atoms. The molecule has 0 spiro atoms. The van der Waals surface area contributed by atoms with Gasteiger partial charge in [-0.15, -0.1) is 6.58 Å². The summed E-state index contributed by atoms with van der Waals surface area (Å²) in [5.74, 6) is 0. The van der Waals surface area contributed by atoms with Crippen LogP contribution in [-0.2, 0) is 4.74 Å². The normalized spacial score (nSPS) is 10.8. The summed E-state index contributed by atoms with van der Waals surface area (Å²) in [4.78, 5) is 13.5. The van der Waals surface area contributed by atoms with Crippen LogP contribution < -0.4 is 0 Å². The molecule has 0 atom stereocenters. The van der Waals surface area contributed by atoms with Crippen LogP contribution in [0.1, 0.15) is 34.1 Å². The lowest BCUT2D eigenvalue weighted by molar-refractivity contribution is 0.0270. The first-order valence-electron chi connectivity index (χ1n) is 5.49. The highest BCUT2D eigenvalue weighted by Crippen LogP contribution is 2.11. The Bertz CT molecular complexity index is 264. The van der Waals surface area contributed by atoms with Crippen LogP contribution in [0.3, 0.4) is 0 Å². The van der Waals surface area contributed by atoms with E-state index in [1.54, 1.807) is 11.0 Å². The Balaban J connectivity index is 4.42. The topological polar surface area (TPSA) is 29.5 Å². The maximum atomic E-state index is 11.8. The molecule has 0 aliphatic heterocycles. The molecule has 0 unspecified atom stereocenters. The second kappa shape index (κ2) is 6.36. The molecule has 3 heteroatoms. The average Bonchev–Trinajstić information content (AvgIpc) is 2.08. The predicted octanol–water partition coefficient (Wildman–Crippen LogP) is 3.38. The van der Waals surface area contributed by atoms with E-state index in [-0.39, 0.29) is 6.09 Å². The van der Waals surface area contributed by atoms with Gasteiger partial charge in [0.05, 0.1) is 0 Å². The fourth-order valence-corrected chi connectivity index (χ4v) is 1.13. The molecular formula is C13H23NO2. The zero-order valence-electron chi connectivity index (χ0n) is 10.9. The van der Waals surface area contributed by atoms with Crippen LogP contribution in [0, 0.1) is 0 Å². The maximum absolute atomic E-state index is 11.8. The van der Waals surface area contributed by atoms with Crippen LogP contribution >= 0.6 is 0 Å². The SMILES string of the molecule is C=CCCN(CC(=C)C)C(=O)OC(C)(C)C. The predicted molar refractivity (Wildman–Crippen MR) is 67.4 cm³/mol. The molecular weight excluding hydrogens is 202 g/mol. The zero-order chi connectivity index (χ0) is 12.8. The van der Waals surface area contributed by atoms with Crippen LogP contribution in [0.4, 0.5) is 4.79 Å². The molecule has 0 saturated carbocycles. The molecule has 0 fully saturated rings. The highest BCUT2D eigenvalue weighted by atomic mass is 16.6. The van der Waals surface area contributed by atoms with E-state index in [1.165, 1.54) is 0 Å². The Labute approximate surface area is 98.8 Å². The van der Waals surface area contributed by atoms with Crippen molar-refractivity contribution in [3.05, 3.63) is 24.8 Å². The Morgan fingerprint density at radius 2 is 2.00 bits per heavy atom. The zero-order valence-corrected chi connectivity index (χ0v) is 10.9. The highest BCUT2D eigenvalue weighted by Gasteiger charge is 2.21. The van der Waals surface area contributed by atoms with E-state index >= 15 is 0 Å². The summed E-state index contributed by atoms with van der Waals surface area (Å²) >= 11 is 0. The van der Waals surface area contributed by atoms with Gasteiger partial charge in [0.1, 0.15) is 5.60 Å². The standard InChI is InChI=1S/C13H23NO2/c1-7-8-9-14(10-11(2)3)12(15)16-13(4,5)6/h7H,1-2,8-10H2,3-6H3. The minimum Gasteiger partial charge on any atom is -0.444 e. The van der Waals surface area contributed by atoms with E-state index in [2.05, 4.69) is 13.2 Å². The molecule has 3 nitrogen and oxygen atoms in total. The molecule has 0 heterocycles. The minimum atomic E-state index is -0.460. The van der Waals surface area contributed by atoms with E-state index in [1.807, 2.05) is 27.7 Å². The second-order valence-corrected chi connectivity index (χ2v) is 4.94. The van der Waals surface area contributed by atoms with Gasteiger partial charge in [-0.05, 0) is 34.1 Å². The molecule has 0 radical (unpaired) electrons. The van der Waals surface area contributed by atoms with Gasteiger partial charge in [0.25, 0.3) is 0 Å². The maximum Gasteiger partial charge on any atom is 0.410 e. The van der Waals surface area contributed by atoms with Gasteiger partial charge in [0, 0.05) is 13.1 Å². The number of amides is 1. The molecule has 0 aromatic heterocycles. The fourth-order valence-electron chi connectivity index (χ4n) is 1.13. The highest BCUT2D eigenvalue weighted by molar-refractivity contribution is 5.68. The largest absolute Gasteiger partial charge is 0.444 e. The van der Waals surface area contributed by atoms with Crippen LogP contribution in [-0.4, -0.2) is 29.7 Å². The van der Waals surface area contributed by atoms with Crippen molar-refractivity contribution in [1.29, 1.82) is 0 Å². The molecule has 0 aliphatic rings. The van der Waals surface area contributed by atoms with Gasteiger partial charge in [0.2, 0.25) is 0 Å². The molecule has 0 aromatic carbocycles. The second-order valence-electron chi connectivity index (χ2n) is 4.94. The number of ether oxygens (including phenoxy) is 1. The number of carbonyl (C=O) groups excluding carboxylic acids is 1. The van der Waals surface area contributed by atoms with Crippen LogP contribution in [0.25, 0.3) is 0 Å². The third-order valence-corrected chi connectivity index (χ3v) is 1.72. The van der Waals surface area contributed by atoms with Crippen molar-refractivity contribution in [1.82, 2.24) is 4.90 Å². The van der Waals surface area contributed by atoms with E-state index in [0.29, 0.717) is 13.1 Å². The van der Waals surface area contributed by atoms with Crippen molar-refractivity contribution >= 4 is 6.09 Å². The van der Waals surface area contributed by atoms with Crippen LogP contribution in [0.5, 0.6) is 0 Å². The molecule has 0 N–H and O–H groups in total. The molecule has 0 aliphatic carbocycles. The Morgan fingerprint density at radius 1 is 1.44 bits per heavy atom. The molecule has 16 heavy (non-hydrogen) atoms. The van der Waals surface area contributed by atoms with Gasteiger partial charge in [-0.25, -0.2) is 4.79 Å². The summed E-state index contributed by atoms with van der Waals surface area (Å²) < 4.78 is 5.31. The van der Waals surface area contributed by atoms with E-state index in [9.17, 15) is 4.79 Å². The average molecular weight is 225 g/mol. The lowest BCUT2D eigenvalue weighted by atomic mass is 10.2. The van der Waals surface area contributed by atoms with E-state index in [4.69, 9.17) is 4.74 Å². The summed E-state index contributed by atoms with van der Waals surface area (Å²) in [6.45, 7) is 16.1. The van der Waals surface area contributed by atoms with Crippen molar-refractivity contribution in [2.75, 3.05) is 13.1 Å². The molecule has 0 rings (SSSR count). The number of carbonyl (C=O) groups is 1. The van der Waals surface area contributed by atoms with Crippen molar-refractivity contribution in [3.63, 3.8) is 0 Å². The fraction of sp³-hybridized carbons (Fsp3) is 0.615. The summed E-state index contributed by atoms with van der Waals surface area (Å²) in [5.41, 5.74) is 0.480. The first kappa shape index (κ1) is 14.8. The van der Waals surface area contributed by atoms with Crippen molar-refractivity contribution in [3.8, 4) is 0 Å². The van der Waals surface area contributed by atoms with Crippen molar-refractivity contribution in [2.45, 2.75) is 39.7 Å². The quantitative estimate of drug-likeness (QED) is 0.671. The third-order valence-electron chi connectivity index (χ3n) is 1.72. The number of nitrogens with zero attached hydrogens (tertiary/aromatic N) is 1. The van der Waals surface area contributed by atoms with E-state index < -0.39 is 5.60 Å². The van der Waals surface area contributed by atoms with Gasteiger partial charge >= 0.3 is 6.09 Å². The lowest BCUT2D eigenvalue weighted by Gasteiger charge is -2.27. The van der Waals surface area contributed by atoms with Gasteiger partial charge < -0.3 is 9.64 Å². The summed E-state index contributed by atoms with van der Waals surface area (Å²) in [6, 6.07) is 0. The number of hydrogen-bond donors (Lipinski definition) is 0. The molecule has 0 saturated heterocycles. The van der Waals surface area contributed by atoms with Crippen molar-refractivity contribution in [2.24, 2.45) is 0 Å². The monoisotopic (exact) mass is 225 g/mol. The molecule has 92 valence electrons. The van der Waals surface area contributed by atoms with Crippen molar-refractivity contribution < 1.29 is 9.53 Å². The Morgan fingerprint density at radius 3 is 2.38 bits per heavy atom. The third kappa shape index (κ3) is 7.10. The van der Waals surface area contributed by atoms with Crippen LogP contribution in [0.15, 0.2) is 24.8 Å². The van der Waals surface area contributed by atoms with Gasteiger partial charge in [-0.2, -0.15) is 0 Å². The molecule has 1 amide bonds. The minimum absolute atomic E-state index is 0.294. The van der Waals surface area contributed by atoms with Gasteiger partial charge in [0.15, 0.2) is 0 Å². The summed E-state index contributed by atoms with van der Waals surface area (Å²) in [6.07, 6.45) is 2.25. The first-order chi connectivity index (χ1) is 7.26. The van der Waals surface area contributed by atoms with Crippen LogP contribution in [0.2, 0.25) is 0 Å². The first-order valence-corrected chi connectivity index (χ1v) is 5.49. The molecule has 0 aromatic rings. The van der Waals surface area contributed by atoms with Gasteiger partial charge in [-0.3, -0.25) is 0 Å². The summed E-state index contributed by atoms with van der Waals surface area (Å²) in [5, 5.41) is 0. The number of hydrogen-bond acceptors (Lipinski definition) is 2.